The molecule has 0 spiro atoms. The third kappa shape index (κ3) is 4.94. The lowest BCUT2D eigenvalue weighted by atomic mass is 10.2. The van der Waals surface area contributed by atoms with Crippen LogP contribution in [0.1, 0.15) is 18.3 Å². The van der Waals surface area contributed by atoms with Crippen LogP contribution in [-0.2, 0) is 22.6 Å². The fraction of sp³-hybridized carbons (Fsp3) is 0.263. The Morgan fingerprint density at radius 1 is 1.36 bits per heavy atom. The van der Waals surface area contributed by atoms with Gasteiger partial charge in [-0.1, -0.05) is 5.92 Å². The van der Waals surface area contributed by atoms with Crippen molar-refractivity contribution < 1.29 is 14.3 Å². The topological polar surface area (TPSA) is 102 Å². The minimum absolute atomic E-state index is 0.0651. The van der Waals surface area contributed by atoms with Crippen LogP contribution in [0.15, 0.2) is 30.6 Å². The Morgan fingerprint density at radius 3 is 2.93 bits per heavy atom. The molecule has 3 aromatic heterocycles. The van der Waals surface area contributed by atoms with Gasteiger partial charge < -0.3 is 14.8 Å². The van der Waals surface area contributed by atoms with Gasteiger partial charge in [-0.3, -0.25) is 10.1 Å². The summed E-state index contributed by atoms with van der Waals surface area (Å²) in [5, 5.41) is 10.8. The predicted octanol–water partition coefficient (Wildman–Crippen LogP) is 2.99. The second kappa shape index (κ2) is 9.64. The molecule has 0 aliphatic rings. The third-order valence-electron chi connectivity index (χ3n) is 3.64. The first-order valence-corrected chi connectivity index (χ1v) is 9.26. The van der Waals surface area contributed by atoms with E-state index < -0.39 is 6.09 Å². The fourth-order valence-corrected chi connectivity index (χ4v) is 3.40. The van der Waals surface area contributed by atoms with Gasteiger partial charge in [-0.2, -0.15) is 5.10 Å². The maximum absolute atomic E-state index is 11.6. The van der Waals surface area contributed by atoms with Gasteiger partial charge in [-0.15, -0.1) is 17.3 Å². The number of alkyl carbamates (subject to hydrolysis) is 1. The number of methoxy groups -OCH3 is 1. The van der Waals surface area contributed by atoms with Gasteiger partial charge in [0.15, 0.2) is 6.61 Å². The molecule has 0 fully saturated rings. The first-order valence-electron chi connectivity index (χ1n) is 8.45. The number of thiazole rings is 1. The highest BCUT2D eigenvalue weighted by Crippen LogP contribution is 2.35. The van der Waals surface area contributed by atoms with Gasteiger partial charge in [0.1, 0.15) is 10.7 Å². The van der Waals surface area contributed by atoms with Crippen LogP contribution >= 0.6 is 11.3 Å². The molecular weight excluding hydrogens is 378 g/mol. The molecule has 0 aromatic carbocycles. The average Bonchev–Trinajstić information content (AvgIpc) is 3.34. The lowest BCUT2D eigenvalue weighted by Crippen LogP contribution is -2.24. The monoisotopic (exact) mass is 397 g/mol. The number of carbonyl (C=O) groups is 1. The van der Waals surface area contributed by atoms with E-state index in [1.807, 2.05) is 18.2 Å². The third-order valence-corrected chi connectivity index (χ3v) is 4.81. The molecule has 3 heterocycles. The van der Waals surface area contributed by atoms with Crippen LogP contribution in [0.25, 0.3) is 21.1 Å². The van der Waals surface area contributed by atoms with Gasteiger partial charge in [0.25, 0.3) is 0 Å². The zero-order valence-electron chi connectivity index (χ0n) is 15.5. The smallest absolute Gasteiger partial charge is 0.408 e. The summed E-state index contributed by atoms with van der Waals surface area (Å²) in [5.41, 5.74) is 3.28. The van der Waals surface area contributed by atoms with Crippen LogP contribution in [0.2, 0.25) is 0 Å². The van der Waals surface area contributed by atoms with Crippen LogP contribution in [0.4, 0.5) is 4.79 Å². The van der Waals surface area contributed by atoms with E-state index in [1.165, 1.54) is 11.3 Å². The van der Waals surface area contributed by atoms with Crippen molar-refractivity contribution in [3.05, 3.63) is 42.0 Å². The lowest BCUT2D eigenvalue weighted by molar-refractivity contribution is 0.159. The van der Waals surface area contributed by atoms with Gasteiger partial charge in [-0.25, -0.2) is 9.78 Å². The fourth-order valence-electron chi connectivity index (χ4n) is 2.37. The second-order valence-corrected chi connectivity index (χ2v) is 6.60. The number of pyridine rings is 1. The molecule has 0 unspecified atom stereocenters. The Morgan fingerprint density at radius 2 is 2.18 bits per heavy atom. The Labute approximate surface area is 166 Å². The van der Waals surface area contributed by atoms with Crippen LogP contribution in [-0.4, -0.2) is 40.0 Å². The van der Waals surface area contributed by atoms with Crippen molar-refractivity contribution in [3.63, 3.8) is 0 Å². The zero-order chi connectivity index (χ0) is 19.8. The SMILES string of the molecule is CC#CCOC(=O)NCc1cc(-c2sc(-c3ccncc3)nc2COC)n[nH]1. The summed E-state index contributed by atoms with van der Waals surface area (Å²) in [7, 11) is 1.63. The minimum Gasteiger partial charge on any atom is -0.436 e. The maximum Gasteiger partial charge on any atom is 0.408 e. The molecule has 0 aliphatic carbocycles. The van der Waals surface area contributed by atoms with Crippen molar-refractivity contribution in [2.24, 2.45) is 0 Å². The number of hydrogen-bond donors (Lipinski definition) is 2. The van der Waals surface area contributed by atoms with E-state index in [1.54, 1.807) is 26.4 Å². The highest BCUT2D eigenvalue weighted by atomic mass is 32.1. The summed E-state index contributed by atoms with van der Waals surface area (Å²) in [4.78, 5) is 21.2. The van der Waals surface area contributed by atoms with Gasteiger partial charge >= 0.3 is 6.09 Å². The summed E-state index contributed by atoms with van der Waals surface area (Å²) in [5.74, 6) is 5.32. The quantitative estimate of drug-likeness (QED) is 0.594. The summed E-state index contributed by atoms with van der Waals surface area (Å²) in [6, 6.07) is 5.69. The molecule has 0 saturated heterocycles. The number of nitrogens with zero attached hydrogens (tertiary/aromatic N) is 3. The van der Waals surface area contributed by atoms with Crippen molar-refractivity contribution in [3.8, 4) is 33.0 Å². The Bertz CT molecular complexity index is 988. The average molecular weight is 397 g/mol. The number of aromatic nitrogens is 4. The van der Waals surface area contributed by atoms with E-state index in [0.717, 1.165) is 32.5 Å². The van der Waals surface area contributed by atoms with Gasteiger partial charge in [0.2, 0.25) is 0 Å². The zero-order valence-corrected chi connectivity index (χ0v) is 16.3. The van der Waals surface area contributed by atoms with Crippen molar-refractivity contribution >= 4 is 17.4 Å². The Kier molecular flexibility index (Phi) is 6.73. The molecule has 28 heavy (non-hydrogen) atoms. The van der Waals surface area contributed by atoms with E-state index in [9.17, 15) is 4.79 Å². The molecule has 9 heteroatoms. The van der Waals surface area contributed by atoms with E-state index in [2.05, 4.69) is 37.3 Å². The Balaban J connectivity index is 1.73. The number of H-pyrrole nitrogens is 1. The van der Waals surface area contributed by atoms with E-state index in [0.29, 0.717) is 6.61 Å². The molecular formula is C19H19N5O3S. The summed E-state index contributed by atoms with van der Waals surface area (Å²) < 4.78 is 10.2. The van der Waals surface area contributed by atoms with Crippen molar-refractivity contribution in [2.45, 2.75) is 20.1 Å². The van der Waals surface area contributed by atoms with Crippen molar-refractivity contribution in [1.82, 2.24) is 25.5 Å². The largest absolute Gasteiger partial charge is 0.436 e. The molecule has 144 valence electrons. The molecule has 2 N–H and O–H groups in total. The summed E-state index contributed by atoms with van der Waals surface area (Å²) >= 11 is 1.53. The number of ether oxygens (including phenoxy) is 2. The number of rotatable bonds is 7. The summed E-state index contributed by atoms with van der Waals surface area (Å²) in [6.07, 6.45) is 2.93. The number of aromatic amines is 1. The minimum atomic E-state index is -0.531. The van der Waals surface area contributed by atoms with Crippen molar-refractivity contribution in [2.75, 3.05) is 13.7 Å². The molecule has 0 bridgehead atoms. The molecule has 0 radical (unpaired) electrons. The highest BCUT2D eigenvalue weighted by Gasteiger charge is 2.17. The number of nitrogens with one attached hydrogen (secondary N) is 2. The first-order chi connectivity index (χ1) is 13.7. The number of amides is 1. The van der Waals surface area contributed by atoms with Crippen LogP contribution < -0.4 is 5.32 Å². The summed E-state index contributed by atoms with van der Waals surface area (Å²) in [6.45, 7) is 2.39. The van der Waals surface area contributed by atoms with Gasteiger partial charge in [-0.05, 0) is 25.1 Å². The van der Waals surface area contributed by atoms with Gasteiger partial charge in [0, 0.05) is 25.1 Å². The highest BCUT2D eigenvalue weighted by molar-refractivity contribution is 7.18. The maximum atomic E-state index is 11.6. The number of carbonyl (C=O) groups excluding carboxylic acids is 1. The molecule has 0 aliphatic heterocycles. The molecule has 1 amide bonds. The first kappa shape index (κ1) is 19.5. The van der Waals surface area contributed by atoms with Crippen LogP contribution in [0, 0.1) is 11.8 Å². The van der Waals surface area contributed by atoms with E-state index >= 15 is 0 Å². The molecule has 3 aromatic rings. The van der Waals surface area contributed by atoms with E-state index in [4.69, 9.17) is 9.47 Å². The predicted molar refractivity (Wildman–Crippen MR) is 105 cm³/mol. The van der Waals surface area contributed by atoms with Crippen LogP contribution in [0.3, 0.4) is 0 Å². The molecule has 8 nitrogen and oxygen atoms in total. The normalized spacial score (nSPS) is 10.2. The molecule has 0 atom stereocenters. The van der Waals surface area contributed by atoms with Gasteiger partial charge in [0.05, 0.1) is 29.4 Å². The number of hydrogen-bond acceptors (Lipinski definition) is 7. The van der Waals surface area contributed by atoms with Crippen LogP contribution in [0.5, 0.6) is 0 Å². The Hall–Kier alpha value is -3.22. The lowest BCUT2D eigenvalue weighted by Gasteiger charge is -2.02. The van der Waals surface area contributed by atoms with Crippen molar-refractivity contribution in [1.29, 1.82) is 0 Å². The second-order valence-electron chi connectivity index (χ2n) is 5.60. The molecule has 0 saturated carbocycles. The molecule has 3 rings (SSSR count). The van der Waals surface area contributed by atoms with E-state index in [-0.39, 0.29) is 13.2 Å². The standard InChI is InChI=1S/C19H19N5O3S/c1-3-4-9-27-19(25)21-11-14-10-15(24-23-14)17-16(12-26-2)22-18(28-17)13-5-7-20-8-6-13/h5-8,10H,9,11-12H2,1-2H3,(H,21,25)(H,23,24).